The number of benzene rings is 1. The Morgan fingerprint density at radius 1 is 1.30 bits per heavy atom. The van der Waals surface area contributed by atoms with Crippen molar-refractivity contribution in [3.8, 4) is 5.75 Å². The van der Waals surface area contributed by atoms with Gasteiger partial charge in [0.05, 0.1) is 11.3 Å². The minimum Gasteiger partial charge on any atom is -0.488 e. The smallest absolute Gasteiger partial charge is 0.133 e. The van der Waals surface area contributed by atoms with Gasteiger partial charge in [0.2, 0.25) is 0 Å². The minimum atomic E-state index is 0.293. The van der Waals surface area contributed by atoms with Crippen LogP contribution in [0.1, 0.15) is 22.5 Å². The monoisotopic (exact) mass is 306 g/mol. The molecule has 0 aliphatic rings. The lowest BCUT2D eigenvalue weighted by atomic mass is 10.1. The second-order valence-electron chi connectivity index (χ2n) is 4.50. The molecule has 0 saturated carbocycles. The maximum absolute atomic E-state index is 5.85. The van der Waals surface area contributed by atoms with Crippen LogP contribution in [0.15, 0.2) is 30.3 Å². The zero-order valence-electron chi connectivity index (χ0n) is 11.3. The lowest BCUT2D eigenvalue weighted by molar-refractivity contribution is 0.305. The lowest BCUT2D eigenvalue weighted by Crippen LogP contribution is -2.15. The molecule has 0 aliphatic heterocycles. The first kappa shape index (κ1) is 14.8. The van der Waals surface area contributed by atoms with Gasteiger partial charge in [-0.3, -0.25) is 4.98 Å². The van der Waals surface area contributed by atoms with Gasteiger partial charge in [-0.05, 0) is 31.5 Å². The first-order valence-electron chi connectivity index (χ1n) is 6.12. The van der Waals surface area contributed by atoms with E-state index in [0.717, 1.165) is 17.0 Å². The van der Waals surface area contributed by atoms with Crippen molar-refractivity contribution in [2.24, 2.45) is 5.73 Å². The summed E-state index contributed by atoms with van der Waals surface area (Å²) in [7, 11) is 0. The fourth-order valence-corrected chi connectivity index (χ4v) is 2.32. The van der Waals surface area contributed by atoms with Crippen molar-refractivity contribution < 1.29 is 4.74 Å². The van der Waals surface area contributed by atoms with Gasteiger partial charge in [0.15, 0.2) is 0 Å². The van der Waals surface area contributed by atoms with Crippen LogP contribution < -0.4 is 10.5 Å². The molecule has 5 heteroatoms. The molecule has 3 nitrogen and oxygen atoms in total. The zero-order chi connectivity index (χ0) is 14.7. The van der Waals surface area contributed by atoms with Crippen molar-refractivity contribution in [3.05, 3.63) is 57.9 Å². The van der Waals surface area contributed by atoms with Crippen molar-refractivity contribution in [3.63, 3.8) is 0 Å². The number of aryl methyl sites for hydroxylation is 2. The van der Waals surface area contributed by atoms with Gasteiger partial charge in [-0.2, -0.15) is 0 Å². The van der Waals surface area contributed by atoms with E-state index < -0.39 is 0 Å². The second kappa shape index (κ2) is 6.20. The van der Waals surface area contributed by atoms with E-state index in [1.54, 1.807) is 0 Å². The van der Waals surface area contributed by atoms with Crippen LogP contribution in [-0.2, 0) is 6.61 Å². The van der Waals surface area contributed by atoms with Crippen LogP contribution in [-0.4, -0.2) is 9.97 Å². The molecule has 2 rings (SSSR count). The Kier molecular flexibility index (Phi) is 4.57. The lowest BCUT2D eigenvalue weighted by Gasteiger charge is -2.13. The van der Waals surface area contributed by atoms with Crippen LogP contribution in [0.4, 0.5) is 0 Å². The first-order valence-corrected chi connectivity index (χ1v) is 6.91. The Morgan fingerprint density at radius 3 is 2.55 bits per heavy atom. The predicted octanol–water partition coefficient (Wildman–Crippen LogP) is 3.57. The second-order valence-corrected chi connectivity index (χ2v) is 5.38. The molecule has 1 heterocycles. The highest BCUT2D eigenvalue weighted by Crippen LogP contribution is 2.23. The molecule has 0 atom stereocenters. The van der Waals surface area contributed by atoms with Crippen LogP contribution in [0, 0.1) is 13.8 Å². The molecule has 0 saturated heterocycles. The number of thiocarbonyl (C=S) groups is 1. The molecule has 0 radical (unpaired) electrons. The third kappa shape index (κ3) is 3.46. The highest BCUT2D eigenvalue weighted by Gasteiger charge is 2.12. The Morgan fingerprint density at radius 2 is 1.95 bits per heavy atom. The number of nitrogens with two attached hydrogens (primary N) is 1. The third-order valence-electron chi connectivity index (χ3n) is 2.85. The molecule has 20 heavy (non-hydrogen) atoms. The van der Waals surface area contributed by atoms with E-state index in [1.807, 2.05) is 44.2 Å². The molecule has 2 N–H and O–H groups in total. The van der Waals surface area contributed by atoms with Gasteiger partial charge in [-0.15, -0.1) is 0 Å². The largest absolute Gasteiger partial charge is 0.488 e. The van der Waals surface area contributed by atoms with Crippen LogP contribution in [0.2, 0.25) is 5.02 Å². The van der Waals surface area contributed by atoms with Crippen LogP contribution in [0.3, 0.4) is 0 Å². The molecule has 1 aromatic carbocycles. The van der Waals surface area contributed by atoms with Gasteiger partial charge >= 0.3 is 0 Å². The molecule has 1 aromatic heterocycles. The van der Waals surface area contributed by atoms with E-state index in [2.05, 4.69) is 4.98 Å². The summed E-state index contributed by atoms with van der Waals surface area (Å²) in [6.07, 6.45) is 0. The molecule has 0 amide bonds. The SMILES string of the molecule is Cc1cc(OCc2ccc(Cl)cc2)c(C(N)=S)c(C)n1. The Labute approximate surface area is 128 Å². The average molecular weight is 307 g/mol. The number of nitrogens with zero attached hydrogens (tertiary/aromatic N) is 1. The molecule has 0 bridgehead atoms. The van der Waals surface area contributed by atoms with Crippen LogP contribution in [0.5, 0.6) is 5.75 Å². The van der Waals surface area contributed by atoms with Crippen LogP contribution in [0.25, 0.3) is 0 Å². The fourth-order valence-electron chi connectivity index (χ4n) is 1.95. The number of hydrogen-bond acceptors (Lipinski definition) is 3. The minimum absolute atomic E-state index is 0.293. The highest BCUT2D eigenvalue weighted by atomic mass is 35.5. The first-order chi connectivity index (χ1) is 9.47. The molecule has 2 aromatic rings. The summed E-state index contributed by atoms with van der Waals surface area (Å²) in [5.74, 6) is 0.664. The van der Waals surface area contributed by atoms with Gasteiger partial charge in [-0.25, -0.2) is 0 Å². The van der Waals surface area contributed by atoms with E-state index in [9.17, 15) is 0 Å². The standard InChI is InChI=1S/C15H15ClN2OS/c1-9-7-13(14(15(17)20)10(2)18-9)19-8-11-3-5-12(16)6-4-11/h3-7H,8H2,1-2H3,(H2,17,20). The van der Waals surface area contributed by atoms with Crippen molar-refractivity contribution in [1.82, 2.24) is 4.98 Å². The van der Waals surface area contributed by atoms with Gasteiger partial charge in [0.25, 0.3) is 0 Å². The quantitative estimate of drug-likeness (QED) is 0.877. The molecule has 0 fully saturated rings. The molecule has 104 valence electrons. The topological polar surface area (TPSA) is 48.1 Å². The maximum atomic E-state index is 5.85. The normalized spacial score (nSPS) is 10.3. The van der Waals surface area contributed by atoms with Crippen molar-refractivity contribution in [1.29, 1.82) is 0 Å². The summed E-state index contributed by atoms with van der Waals surface area (Å²) in [6.45, 7) is 4.21. The Balaban J connectivity index is 2.24. The Hall–Kier alpha value is -1.65. The van der Waals surface area contributed by atoms with E-state index in [-0.39, 0.29) is 0 Å². The van der Waals surface area contributed by atoms with E-state index >= 15 is 0 Å². The van der Waals surface area contributed by atoms with Gasteiger partial charge in [0, 0.05) is 16.8 Å². The molecular weight excluding hydrogens is 292 g/mol. The third-order valence-corrected chi connectivity index (χ3v) is 3.30. The maximum Gasteiger partial charge on any atom is 0.133 e. The van der Waals surface area contributed by atoms with Gasteiger partial charge in [-0.1, -0.05) is 36.0 Å². The van der Waals surface area contributed by atoms with Crippen molar-refractivity contribution in [2.45, 2.75) is 20.5 Å². The average Bonchev–Trinajstić information content (AvgIpc) is 2.36. The van der Waals surface area contributed by atoms with Crippen molar-refractivity contribution >= 4 is 28.8 Å². The number of hydrogen-bond donors (Lipinski definition) is 1. The predicted molar refractivity (Wildman–Crippen MR) is 85.4 cm³/mol. The van der Waals surface area contributed by atoms with Crippen molar-refractivity contribution in [2.75, 3.05) is 0 Å². The molecule has 0 spiro atoms. The summed E-state index contributed by atoms with van der Waals surface area (Å²) in [6, 6.07) is 9.35. The summed E-state index contributed by atoms with van der Waals surface area (Å²) in [5, 5.41) is 0.702. The summed E-state index contributed by atoms with van der Waals surface area (Å²) >= 11 is 10.9. The molecule has 0 unspecified atom stereocenters. The van der Waals surface area contributed by atoms with Gasteiger partial charge in [0.1, 0.15) is 17.3 Å². The van der Waals surface area contributed by atoms with Crippen LogP contribution >= 0.6 is 23.8 Å². The number of pyridine rings is 1. The molecule has 0 aliphatic carbocycles. The highest BCUT2D eigenvalue weighted by molar-refractivity contribution is 7.80. The number of ether oxygens (including phenoxy) is 1. The Bertz CT molecular complexity index is 641. The van der Waals surface area contributed by atoms with E-state index in [0.29, 0.717) is 27.9 Å². The molecular formula is C15H15ClN2OS. The zero-order valence-corrected chi connectivity index (χ0v) is 12.9. The van der Waals surface area contributed by atoms with Gasteiger partial charge < -0.3 is 10.5 Å². The fraction of sp³-hybridized carbons (Fsp3) is 0.200. The number of aromatic nitrogens is 1. The summed E-state index contributed by atoms with van der Waals surface area (Å²) in [4.78, 5) is 4.65. The van der Waals surface area contributed by atoms with E-state index in [1.165, 1.54) is 0 Å². The van der Waals surface area contributed by atoms with E-state index in [4.69, 9.17) is 34.3 Å². The summed E-state index contributed by atoms with van der Waals surface area (Å²) < 4.78 is 5.84. The number of rotatable bonds is 4. The number of halogens is 1. The summed E-state index contributed by atoms with van der Waals surface area (Å²) in [5.41, 5.74) is 9.12.